The molecular weight excluding hydrogens is 284 g/mol. The van der Waals surface area contributed by atoms with Crippen molar-refractivity contribution >= 4 is 6.08 Å². The Morgan fingerprint density at radius 1 is 1.30 bits per heavy atom. The van der Waals surface area contributed by atoms with Gasteiger partial charge in [0.1, 0.15) is 0 Å². The van der Waals surface area contributed by atoms with Crippen LogP contribution >= 0.6 is 0 Å². The number of aromatic nitrogens is 2. The highest BCUT2D eigenvalue weighted by atomic mass is 16.3. The number of aliphatic hydroxyl groups is 1. The second-order valence-corrected chi connectivity index (χ2v) is 7.30. The van der Waals surface area contributed by atoms with Crippen LogP contribution in [0.1, 0.15) is 38.8 Å². The summed E-state index contributed by atoms with van der Waals surface area (Å²) < 4.78 is 2.27. The summed E-state index contributed by atoms with van der Waals surface area (Å²) in [5.41, 5.74) is 4.99. The highest BCUT2D eigenvalue weighted by Crippen LogP contribution is 2.51. The first kappa shape index (κ1) is 14.7. The van der Waals surface area contributed by atoms with Gasteiger partial charge in [0.15, 0.2) is 0 Å². The van der Waals surface area contributed by atoms with Crippen molar-refractivity contribution in [3.05, 3.63) is 47.9 Å². The van der Waals surface area contributed by atoms with Crippen molar-refractivity contribution in [2.45, 2.75) is 45.8 Å². The highest BCUT2D eigenvalue weighted by Gasteiger charge is 2.44. The lowest BCUT2D eigenvalue weighted by Crippen LogP contribution is -2.43. The maximum atomic E-state index is 10.3. The Kier molecular flexibility index (Phi) is 3.42. The van der Waals surface area contributed by atoms with E-state index in [4.69, 9.17) is 0 Å². The molecule has 2 aromatic rings. The molecule has 1 aliphatic heterocycles. The van der Waals surface area contributed by atoms with Crippen LogP contribution in [0.2, 0.25) is 0 Å². The molecule has 0 saturated heterocycles. The fourth-order valence-corrected chi connectivity index (χ4v) is 4.59. The molecule has 23 heavy (non-hydrogen) atoms. The van der Waals surface area contributed by atoms with Crippen LogP contribution in [0.4, 0.5) is 0 Å². The van der Waals surface area contributed by atoms with Gasteiger partial charge in [-0.25, -0.2) is 4.98 Å². The lowest BCUT2D eigenvalue weighted by atomic mass is 9.61. The van der Waals surface area contributed by atoms with Crippen molar-refractivity contribution in [1.29, 1.82) is 0 Å². The monoisotopic (exact) mass is 308 g/mol. The molecule has 120 valence electrons. The Bertz CT molecular complexity index is 744. The van der Waals surface area contributed by atoms with Crippen molar-refractivity contribution in [1.82, 2.24) is 9.55 Å². The van der Waals surface area contributed by atoms with Gasteiger partial charge in [-0.15, -0.1) is 0 Å². The van der Waals surface area contributed by atoms with Gasteiger partial charge in [0.2, 0.25) is 0 Å². The van der Waals surface area contributed by atoms with Crippen molar-refractivity contribution in [2.24, 2.45) is 11.3 Å². The van der Waals surface area contributed by atoms with Gasteiger partial charge in [-0.2, -0.15) is 0 Å². The molecule has 4 rings (SSSR count). The second kappa shape index (κ2) is 5.34. The molecule has 1 aliphatic carbocycles. The molecule has 0 amide bonds. The second-order valence-electron chi connectivity index (χ2n) is 7.30. The quantitative estimate of drug-likeness (QED) is 0.905. The molecule has 3 atom stereocenters. The number of hydrogen-bond donors (Lipinski definition) is 1. The van der Waals surface area contributed by atoms with E-state index in [0.29, 0.717) is 5.92 Å². The van der Waals surface area contributed by atoms with Gasteiger partial charge in [-0.1, -0.05) is 42.8 Å². The Morgan fingerprint density at radius 2 is 2.09 bits per heavy atom. The minimum atomic E-state index is -0.262. The van der Waals surface area contributed by atoms with Gasteiger partial charge in [0.05, 0.1) is 23.8 Å². The van der Waals surface area contributed by atoms with E-state index in [-0.39, 0.29) is 11.5 Å². The van der Waals surface area contributed by atoms with Crippen LogP contribution in [0, 0.1) is 11.3 Å². The fraction of sp³-hybridized carbons (Fsp3) is 0.450. The molecule has 3 nitrogen and oxygen atoms in total. The zero-order valence-corrected chi connectivity index (χ0v) is 13.9. The van der Waals surface area contributed by atoms with E-state index in [1.165, 1.54) is 23.3 Å². The Labute approximate surface area is 137 Å². The van der Waals surface area contributed by atoms with Crippen LogP contribution in [-0.4, -0.2) is 20.8 Å². The van der Waals surface area contributed by atoms with E-state index in [0.717, 1.165) is 25.1 Å². The lowest BCUT2D eigenvalue weighted by molar-refractivity contribution is 0.0251. The SMILES string of the molecule is C[C@H](O)[C@H]1CCCC2=Cc3c(-c4ccccc4)ncn3C[C@@]21C. The number of rotatable bonds is 2. The van der Waals surface area contributed by atoms with Gasteiger partial charge >= 0.3 is 0 Å². The van der Waals surface area contributed by atoms with Gasteiger partial charge < -0.3 is 9.67 Å². The maximum absolute atomic E-state index is 10.3. The van der Waals surface area contributed by atoms with Crippen molar-refractivity contribution in [3.63, 3.8) is 0 Å². The average molecular weight is 308 g/mol. The molecule has 0 unspecified atom stereocenters. The minimum Gasteiger partial charge on any atom is -0.393 e. The number of benzene rings is 1. The third kappa shape index (κ3) is 2.26. The van der Waals surface area contributed by atoms with E-state index in [2.05, 4.69) is 46.8 Å². The normalized spacial score (nSPS) is 27.8. The van der Waals surface area contributed by atoms with Crippen LogP contribution in [0.3, 0.4) is 0 Å². The lowest BCUT2D eigenvalue weighted by Gasteiger charge is -2.47. The molecule has 1 fully saturated rings. The van der Waals surface area contributed by atoms with E-state index >= 15 is 0 Å². The van der Waals surface area contributed by atoms with E-state index in [1.807, 2.05) is 19.3 Å². The van der Waals surface area contributed by atoms with E-state index < -0.39 is 0 Å². The molecule has 3 heteroatoms. The largest absolute Gasteiger partial charge is 0.393 e. The number of allylic oxidation sites excluding steroid dienone is 1. The van der Waals surface area contributed by atoms with Gasteiger partial charge in [0, 0.05) is 17.5 Å². The standard InChI is InChI=1S/C20H24N2O/c1-14(23)17-10-6-9-16-11-18-19(15-7-4-3-5-8-15)21-13-22(18)12-20(16,17)2/h3-5,7-8,11,13-14,17,23H,6,9-10,12H2,1-2H3/t14-,17+,20-/m0/s1. The molecule has 1 saturated carbocycles. The summed E-state index contributed by atoms with van der Waals surface area (Å²) in [5.74, 6) is 0.332. The first-order valence-electron chi connectivity index (χ1n) is 8.59. The maximum Gasteiger partial charge on any atom is 0.0958 e. The number of fused-ring (bicyclic) bond motifs is 2. The molecule has 1 aromatic carbocycles. The van der Waals surface area contributed by atoms with Gasteiger partial charge in [0.25, 0.3) is 0 Å². The highest BCUT2D eigenvalue weighted by molar-refractivity contribution is 5.72. The number of imidazole rings is 1. The molecule has 2 heterocycles. The topological polar surface area (TPSA) is 38.1 Å². The van der Waals surface area contributed by atoms with Crippen LogP contribution in [0.25, 0.3) is 17.3 Å². The Morgan fingerprint density at radius 3 is 2.83 bits per heavy atom. The van der Waals surface area contributed by atoms with Crippen LogP contribution < -0.4 is 0 Å². The Hall–Kier alpha value is -1.87. The first-order chi connectivity index (χ1) is 11.1. The molecule has 1 N–H and O–H groups in total. The predicted molar refractivity (Wildman–Crippen MR) is 92.8 cm³/mol. The molecule has 2 aliphatic rings. The third-order valence-electron chi connectivity index (χ3n) is 5.83. The molecule has 0 radical (unpaired) electrons. The number of aliphatic hydroxyl groups excluding tert-OH is 1. The van der Waals surface area contributed by atoms with E-state index in [9.17, 15) is 5.11 Å². The van der Waals surface area contributed by atoms with Gasteiger partial charge in [-0.05, 0) is 38.2 Å². The van der Waals surface area contributed by atoms with Crippen LogP contribution in [0.5, 0.6) is 0 Å². The van der Waals surface area contributed by atoms with Crippen molar-refractivity contribution in [3.8, 4) is 11.3 Å². The smallest absolute Gasteiger partial charge is 0.0958 e. The Balaban J connectivity index is 1.80. The first-order valence-corrected chi connectivity index (χ1v) is 8.59. The van der Waals surface area contributed by atoms with Crippen LogP contribution in [0.15, 0.2) is 42.2 Å². The number of hydrogen-bond acceptors (Lipinski definition) is 2. The van der Waals surface area contributed by atoms with Crippen molar-refractivity contribution < 1.29 is 5.11 Å². The zero-order valence-electron chi connectivity index (χ0n) is 13.9. The average Bonchev–Trinajstić information content (AvgIpc) is 2.94. The van der Waals surface area contributed by atoms with E-state index in [1.54, 1.807) is 0 Å². The number of nitrogens with zero attached hydrogens (tertiary/aromatic N) is 2. The van der Waals surface area contributed by atoms with Crippen molar-refractivity contribution in [2.75, 3.05) is 0 Å². The molecule has 0 bridgehead atoms. The van der Waals surface area contributed by atoms with Crippen LogP contribution in [-0.2, 0) is 6.54 Å². The fourth-order valence-electron chi connectivity index (χ4n) is 4.59. The molecule has 0 spiro atoms. The summed E-state index contributed by atoms with van der Waals surface area (Å²) in [6.45, 7) is 5.18. The predicted octanol–water partition coefficient (Wildman–Crippen LogP) is 4.13. The minimum absolute atomic E-state index is 0.0497. The third-order valence-corrected chi connectivity index (χ3v) is 5.83. The summed E-state index contributed by atoms with van der Waals surface area (Å²) in [6, 6.07) is 10.4. The van der Waals surface area contributed by atoms with Gasteiger partial charge in [-0.3, -0.25) is 0 Å². The summed E-state index contributed by atoms with van der Waals surface area (Å²) in [5, 5.41) is 10.3. The molecular formula is C20H24N2O. The summed E-state index contributed by atoms with van der Waals surface area (Å²) >= 11 is 0. The summed E-state index contributed by atoms with van der Waals surface area (Å²) in [7, 11) is 0. The summed E-state index contributed by atoms with van der Waals surface area (Å²) in [6.07, 6.45) is 7.46. The summed E-state index contributed by atoms with van der Waals surface area (Å²) in [4.78, 5) is 4.68. The molecule has 1 aromatic heterocycles. The zero-order chi connectivity index (χ0) is 16.0.